The van der Waals surface area contributed by atoms with Gasteiger partial charge in [-0.15, -0.1) is 0 Å². The van der Waals surface area contributed by atoms with Gasteiger partial charge in [0.25, 0.3) is 0 Å². The van der Waals surface area contributed by atoms with E-state index in [4.69, 9.17) is 9.72 Å². The summed E-state index contributed by atoms with van der Waals surface area (Å²) in [5, 5.41) is 4.12. The standard InChI is InChI=1S/C21H22FN5O2/c1-29-21(28)18-11-2-4-12(5-3-11)19(18)27-17-10-23-9-16(26-17)15-8-25-20-14(15)6-13(22)7-24-20/h6-12,18-19H,2-5H2,1H3,(H,24,25)(H,26,27)/t11?,12?,18-,19?/m0/s1. The number of nitrogens with zero attached hydrogens (tertiary/aromatic N) is 3. The number of H-pyrrole nitrogens is 1. The van der Waals surface area contributed by atoms with E-state index in [1.54, 1.807) is 18.6 Å². The maximum absolute atomic E-state index is 13.7. The van der Waals surface area contributed by atoms with Gasteiger partial charge in [-0.25, -0.2) is 14.4 Å². The summed E-state index contributed by atoms with van der Waals surface area (Å²) >= 11 is 0. The number of hydrogen-bond donors (Lipinski definition) is 2. The van der Waals surface area contributed by atoms with Crippen molar-refractivity contribution in [2.75, 3.05) is 12.4 Å². The van der Waals surface area contributed by atoms with Crippen LogP contribution in [0.25, 0.3) is 22.3 Å². The highest BCUT2D eigenvalue weighted by atomic mass is 19.1. The van der Waals surface area contributed by atoms with E-state index in [1.165, 1.54) is 19.4 Å². The Kier molecular flexibility index (Phi) is 4.41. The summed E-state index contributed by atoms with van der Waals surface area (Å²) in [6.07, 6.45) is 10.6. The second-order valence-electron chi connectivity index (χ2n) is 7.94. The smallest absolute Gasteiger partial charge is 0.311 e. The lowest BCUT2D eigenvalue weighted by Gasteiger charge is -2.47. The quantitative estimate of drug-likeness (QED) is 0.657. The van der Waals surface area contributed by atoms with Crippen LogP contribution in [-0.4, -0.2) is 39.1 Å². The van der Waals surface area contributed by atoms with Crippen LogP contribution < -0.4 is 5.32 Å². The molecule has 0 aromatic carbocycles. The molecule has 0 spiro atoms. The molecule has 1 unspecified atom stereocenters. The number of aromatic amines is 1. The first-order chi connectivity index (χ1) is 14.1. The molecule has 8 heteroatoms. The van der Waals surface area contributed by atoms with E-state index in [9.17, 15) is 9.18 Å². The molecular weight excluding hydrogens is 373 g/mol. The van der Waals surface area contributed by atoms with Gasteiger partial charge in [0.2, 0.25) is 0 Å². The summed E-state index contributed by atoms with van der Waals surface area (Å²) in [4.78, 5) is 28.6. The number of esters is 1. The number of ether oxygens (including phenoxy) is 1. The summed E-state index contributed by atoms with van der Waals surface area (Å²) in [6.45, 7) is 0. The number of rotatable bonds is 4. The van der Waals surface area contributed by atoms with Crippen LogP contribution in [0.3, 0.4) is 0 Å². The fourth-order valence-electron chi connectivity index (χ4n) is 5.06. The van der Waals surface area contributed by atoms with Crippen molar-refractivity contribution in [3.8, 4) is 11.3 Å². The zero-order valence-corrected chi connectivity index (χ0v) is 16.1. The van der Waals surface area contributed by atoms with E-state index in [-0.39, 0.29) is 17.9 Å². The molecule has 2 bridgehead atoms. The van der Waals surface area contributed by atoms with E-state index in [1.807, 2.05) is 0 Å². The monoisotopic (exact) mass is 395 g/mol. The fourth-order valence-corrected chi connectivity index (χ4v) is 5.06. The Morgan fingerprint density at radius 2 is 2.00 bits per heavy atom. The number of hydrogen-bond acceptors (Lipinski definition) is 6. The summed E-state index contributed by atoms with van der Waals surface area (Å²) in [7, 11) is 1.45. The maximum Gasteiger partial charge on any atom is 0.311 e. The molecule has 0 amide bonds. The van der Waals surface area contributed by atoms with E-state index in [2.05, 4.69) is 20.3 Å². The van der Waals surface area contributed by atoms with Crippen molar-refractivity contribution in [3.63, 3.8) is 0 Å². The van der Waals surface area contributed by atoms with Gasteiger partial charge in [-0.05, 0) is 43.6 Å². The van der Waals surface area contributed by atoms with Crippen LogP contribution in [0, 0.1) is 23.6 Å². The number of carbonyl (C=O) groups is 1. The molecule has 3 aromatic heterocycles. The van der Waals surface area contributed by atoms with Crippen molar-refractivity contribution >= 4 is 22.8 Å². The number of anilines is 1. The average molecular weight is 395 g/mol. The van der Waals surface area contributed by atoms with Gasteiger partial charge in [0.05, 0.1) is 37.3 Å². The van der Waals surface area contributed by atoms with Gasteiger partial charge in [-0.3, -0.25) is 9.78 Å². The number of carbonyl (C=O) groups excluding carboxylic acids is 1. The Hall–Kier alpha value is -3.03. The van der Waals surface area contributed by atoms with Crippen LogP contribution in [0.2, 0.25) is 0 Å². The SMILES string of the molecule is COC(=O)[C@H]1C2CCC(CC2)C1Nc1cncc(-c2c[nH]c3ncc(F)cc23)n1. The molecule has 6 rings (SSSR count). The number of pyridine rings is 1. The van der Waals surface area contributed by atoms with Gasteiger partial charge in [0.15, 0.2) is 0 Å². The summed E-state index contributed by atoms with van der Waals surface area (Å²) < 4.78 is 18.8. The predicted octanol–water partition coefficient (Wildman–Crippen LogP) is 3.55. The predicted molar refractivity (Wildman–Crippen MR) is 105 cm³/mol. The first-order valence-electron chi connectivity index (χ1n) is 9.93. The lowest BCUT2D eigenvalue weighted by molar-refractivity contribution is -0.152. The van der Waals surface area contributed by atoms with Crippen LogP contribution in [-0.2, 0) is 9.53 Å². The van der Waals surface area contributed by atoms with Crippen molar-refractivity contribution in [3.05, 3.63) is 36.7 Å². The molecule has 3 aliphatic rings. The van der Waals surface area contributed by atoms with E-state index in [0.29, 0.717) is 34.4 Å². The molecule has 0 saturated heterocycles. The number of methoxy groups -OCH3 is 1. The molecule has 3 heterocycles. The average Bonchev–Trinajstić information content (AvgIpc) is 3.17. The molecule has 0 aliphatic heterocycles. The number of nitrogens with one attached hydrogen (secondary N) is 2. The zero-order chi connectivity index (χ0) is 20.0. The van der Waals surface area contributed by atoms with Gasteiger partial charge < -0.3 is 15.0 Å². The highest BCUT2D eigenvalue weighted by Crippen LogP contribution is 2.46. The van der Waals surface area contributed by atoms with Gasteiger partial charge >= 0.3 is 5.97 Å². The van der Waals surface area contributed by atoms with Crippen LogP contribution >= 0.6 is 0 Å². The Bertz CT molecular complexity index is 1060. The van der Waals surface area contributed by atoms with Gasteiger partial charge in [-0.2, -0.15) is 0 Å². The molecule has 3 fully saturated rings. The molecule has 29 heavy (non-hydrogen) atoms. The number of halogens is 1. The second kappa shape index (κ2) is 7.09. The van der Waals surface area contributed by atoms with Crippen LogP contribution in [0.5, 0.6) is 0 Å². The largest absolute Gasteiger partial charge is 0.469 e. The molecule has 2 N–H and O–H groups in total. The minimum atomic E-state index is -0.403. The Morgan fingerprint density at radius 3 is 2.79 bits per heavy atom. The number of aromatic nitrogens is 4. The topological polar surface area (TPSA) is 92.8 Å². The third-order valence-corrected chi connectivity index (χ3v) is 6.42. The number of fused-ring (bicyclic) bond motifs is 4. The molecule has 0 radical (unpaired) electrons. The first kappa shape index (κ1) is 18.0. The first-order valence-corrected chi connectivity index (χ1v) is 9.93. The van der Waals surface area contributed by atoms with Crippen molar-refractivity contribution in [1.82, 2.24) is 19.9 Å². The van der Waals surface area contributed by atoms with Crippen molar-refractivity contribution < 1.29 is 13.9 Å². The lowest BCUT2D eigenvalue weighted by atomic mass is 9.61. The minimum Gasteiger partial charge on any atom is -0.469 e. The van der Waals surface area contributed by atoms with Crippen LogP contribution in [0.1, 0.15) is 25.7 Å². The fraction of sp³-hybridized carbons (Fsp3) is 0.429. The van der Waals surface area contributed by atoms with Crippen LogP contribution in [0.15, 0.2) is 30.9 Å². The normalized spacial score (nSPS) is 25.9. The molecule has 3 saturated carbocycles. The third kappa shape index (κ3) is 3.12. The molecule has 2 atom stereocenters. The van der Waals surface area contributed by atoms with Crippen molar-refractivity contribution in [2.24, 2.45) is 17.8 Å². The minimum absolute atomic E-state index is 0.0124. The third-order valence-electron chi connectivity index (χ3n) is 6.42. The van der Waals surface area contributed by atoms with Gasteiger partial charge in [-0.1, -0.05) is 0 Å². The van der Waals surface area contributed by atoms with E-state index >= 15 is 0 Å². The molecule has 3 aromatic rings. The Labute approximate surface area is 167 Å². The summed E-state index contributed by atoms with van der Waals surface area (Å²) in [5.74, 6) is 0.653. The maximum atomic E-state index is 13.7. The van der Waals surface area contributed by atoms with E-state index < -0.39 is 5.82 Å². The second-order valence-corrected chi connectivity index (χ2v) is 7.94. The van der Waals surface area contributed by atoms with Crippen molar-refractivity contribution in [2.45, 2.75) is 31.7 Å². The summed E-state index contributed by atoms with van der Waals surface area (Å²) in [6, 6.07) is 1.42. The molecule has 150 valence electrons. The summed E-state index contributed by atoms with van der Waals surface area (Å²) in [5.41, 5.74) is 1.94. The molecule has 7 nitrogen and oxygen atoms in total. The van der Waals surface area contributed by atoms with Crippen molar-refractivity contribution in [1.29, 1.82) is 0 Å². The Balaban J connectivity index is 1.46. The van der Waals surface area contributed by atoms with Gasteiger partial charge in [0.1, 0.15) is 17.3 Å². The van der Waals surface area contributed by atoms with Gasteiger partial charge in [0, 0.05) is 23.2 Å². The highest BCUT2D eigenvalue weighted by molar-refractivity contribution is 5.92. The van der Waals surface area contributed by atoms with E-state index in [0.717, 1.165) is 31.2 Å². The molecular formula is C21H22FN5O2. The zero-order valence-electron chi connectivity index (χ0n) is 16.1. The lowest BCUT2D eigenvalue weighted by Crippen LogP contribution is -2.51. The molecule has 3 aliphatic carbocycles. The Morgan fingerprint density at radius 1 is 1.21 bits per heavy atom. The highest BCUT2D eigenvalue weighted by Gasteiger charge is 2.47. The van der Waals surface area contributed by atoms with Crippen LogP contribution in [0.4, 0.5) is 10.2 Å².